The van der Waals surface area contributed by atoms with Gasteiger partial charge in [-0.2, -0.15) is 0 Å². The first-order valence-electron chi connectivity index (χ1n) is 7.48. The molecule has 20 heavy (non-hydrogen) atoms. The van der Waals surface area contributed by atoms with E-state index in [-0.39, 0.29) is 5.38 Å². The van der Waals surface area contributed by atoms with Crippen LogP contribution in [-0.4, -0.2) is 34.1 Å². The van der Waals surface area contributed by atoms with Crippen molar-refractivity contribution < 1.29 is 0 Å². The summed E-state index contributed by atoms with van der Waals surface area (Å²) in [5, 5.41) is -0.0544. The summed E-state index contributed by atoms with van der Waals surface area (Å²) in [5.41, 5.74) is 3.52. The third kappa shape index (κ3) is 2.70. The first-order valence-corrected chi connectivity index (χ1v) is 7.92. The summed E-state index contributed by atoms with van der Waals surface area (Å²) in [5.74, 6) is 0.992. The molecule has 1 aliphatic rings. The maximum atomic E-state index is 6.32. The van der Waals surface area contributed by atoms with Gasteiger partial charge in [0.1, 0.15) is 5.82 Å². The Balaban J connectivity index is 1.91. The number of fused-ring (bicyclic) bond motifs is 1. The van der Waals surface area contributed by atoms with Gasteiger partial charge in [0.25, 0.3) is 0 Å². The summed E-state index contributed by atoms with van der Waals surface area (Å²) in [6.07, 6.45) is 2.67. The van der Waals surface area contributed by atoms with Crippen LogP contribution < -0.4 is 0 Å². The summed E-state index contributed by atoms with van der Waals surface area (Å²) in [6, 6.07) is 6.47. The van der Waals surface area contributed by atoms with Gasteiger partial charge >= 0.3 is 0 Å². The third-order valence-electron chi connectivity index (χ3n) is 4.13. The van der Waals surface area contributed by atoms with Crippen LogP contribution in [0.15, 0.2) is 18.2 Å². The van der Waals surface area contributed by atoms with Gasteiger partial charge in [0.05, 0.1) is 16.4 Å². The quantitative estimate of drug-likeness (QED) is 0.800. The SMILES string of the molecule is Cc1ccc2c(c1)nc(C(C)Cl)n2CCN1CCCC1. The van der Waals surface area contributed by atoms with Crippen molar-refractivity contribution >= 4 is 22.6 Å². The molecule has 1 unspecified atom stereocenters. The number of hydrogen-bond donors (Lipinski definition) is 0. The Morgan fingerprint density at radius 2 is 2.00 bits per heavy atom. The number of halogens is 1. The lowest BCUT2D eigenvalue weighted by Crippen LogP contribution is -2.24. The Hall–Kier alpha value is -1.06. The van der Waals surface area contributed by atoms with E-state index in [0.717, 1.165) is 24.4 Å². The van der Waals surface area contributed by atoms with Gasteiger partial charge in [-0.15, -0.1) is 11.6 Å². The second-order valence-electron chi connectivity index (χ2n) is 5.78. The average molecular weight is 292 g/mol. The largest absolute Gasteiger partial charge is 0.325 e. The van der Waals surface area contributed by atoms with E-state index in [0.29, 0.717) is 0 Å². The monoisotopic (exact) mass is 291 g/mol. The Kier molecular flexibility index (Phi) is 3.99. The van der Waals surface area contributed by atoms with Gasteiger partial charge in [-0.25, -0.2) is 4.98 Å². The van der Waals surface area contributed by atoms with Gasteiger partial charge in [-0.05, 0) is 57.5 Å². The van der Waals surface area contributed by atoms with Gasteiger partial charge in [0.15, 0.2) is 0 Å². The topological polar surface area (TPSA) is 21.1 Å². The molecule has 0 amide bonds. The molecule has 0 bridgehead atoms. The van der Waals surface area contributed by atoms with Crippen LogP contribution in [0, 0.1) is 6.92 Å². The van der Waals surface area contributed by atoms with Gasteiger partial charge in [-0.3, -0.25) is 0 Å². The molecule has 1 fully saturated rings. The molecule has 2 aromatic rings. The average Bonchev–Trinajstić information content (AvgIpc) is 3.02. The Labute approximate surface area is 125 Å². The number of imidazole rings is 1. The van der Waals surface area contributed by atoms with Crippen LogP contribution in [0.2, 0.25) is 0 Å². The van der Waals surface area contributed by atoms with Crippen molar-refractivity contribution in [2.24, 2.45) is 0 Å². The molecule has 3 rings (SSSR count). The lowest BCUT2D eigenvalue weighted by atomic mass is 10.2. The Bertz CT molecular complexity index is 597. The second-order valence-corrected chi connectivity index (χ2v) is 6.43. The van der Waals surface area contributed by atoms with Crippen LogP contribution in [0.3, 0.4) is 0 Å². The van der Waals surface area contributed by atoms with Crippen LogP contribution in [-0.2, 0) is 6.54 Å². The van der Waals surface area contributed by atoms with Crippen molar-refractivity contribution in [3.05, 3.63) is 29.6 Å². The number of aryl methyl sites for hydroxylation is 1. The van der Waals surface area contributed by atoms with Crippen molar-refractivity contribution in [2.75, 3.05) is 19.6 Å². The van der Waals surface area contributed by atoms with Crippen LogP contribution in [0.4, 0.5) is 0 Å². The minimum absolute atomic E-state index is 0.0544. The minimum atomic E-state index is -0.0544. The molecule has 3 nitrogen and oxygen atoms in total. The van der Waals surface area contributed by atoms with Crippen molar-refractivity contribution in [1.29, 1.82) is 0 Å². The Morgan fingerprint density at radius 1 is 1.25 bits per heavy atom. The second kappa shape index (κ2) is 5.74. The Morgan fingerprint density at radius 3 is 2.70 bits per heavy atom. The fraction of sp³-hybridized carbons (Fsp3) is 0.562. The maximum Gasteiger partial charge on any atom is 0.127 e. The zero-order valence-corrected chi connectivity index (χ0v) is 13.0. The summed E-state index contributed by atoms with van der Waals surface area (Å²) in [7, 11) is 0. The van der Waals surface area contributed by atoms with Gasteiger partial charge < -0.3 is 9.47 Å². The molecule has 0 radical (unpaired) electrons. The summed E-state index contributed by atoms with van der Waals surface area (Å²) >= 11 is 6.32. The van der Waals surface area contributed by atoms with E-state index in [1.807, 2.05) is 6.92 Å². The zero-order chi connectivity index (χ0) is 14.1. The van der Waals surface area contributed by atoms with E-state index in [1.54, 1.807) is 0 Å². The number of alkyl halides is 1. The van der Waals surface area contributed by atoms with Crippen LogP contribution in [0.5, 0.6) is 0 Å². The molecule has 0 N–H and O–H groups in total. The zero-order valence-electron chi connectivity index (χ0n) is 12.3. The number of nitrogens with zero attached hydrogens (tertiary/aromatic N) is 3. The molecule has 108 valence electrons. The van der Waals surface area contributed by atoms with Crippen LogP contribution in [0.25, 0.3) is 11.0 Å². The number of hydrogen-bond acceptors (Lipinski definition) is 2. The molecule has 0 saturated carbocycles. The molecule has 1 aromatic heterocycles. The molecule has 2 heterocycles. The van der Waals surface area contributed by atoms with Crippen LogP contribution in [0.1, 0.15) is 36.5 Å². The molecule has 4 heteroatoms. The molecule has 1 aliphatic heterocycles. The van der Waals surface area contributed by atoms with Gasteiger partial charge in [0.2, 0.25) is 0 Å². The first-order chi connectivity index (χ1) is 9.65. The summed E-state index contributed by atoms with van der Waals surface area (Å²) in [4.78, 5) is 7.26. The van der Waals surface area contributed by atoms with E-state index in [2.05, 4.69) is 34.6 Å². The lowest BCUT2D eigenvalue weighted by molar-refractivity contribution is 0.322. The minimum Gasteiger partial charge on any atom is -0.325 e. The highest BCUT2D eigenvalue weighted by Crippen LogP contribution is 2.25. The summed E-state index contributed by atoms with van der Waals surface area (Å²) in [6.45, 7) is 8.64. The molecular weight excluding hydrogens is 270 g/mol. The molecule has 1 saturated heterocycles. The number of likely N-dealkylation sites (tertiary alicyclic amines) is 1. The molecule has 0 aliphatic carbocycles. The number of benzene rings is 1. The number of rotatable bonds is 4. The normalized spacial score (nSPS) is 17.9. The van der Waals surface area contributed by atoms with E-state index >= 15 is 0 Å². The van der Waals surface area contributed by atoms with Crippen LogP contribution >= 0.6 is 11.6 Å². The lowest BCUT2D eigenvalue weighted by Gasteiger charge is -2.17. The van der Waals surface area contributed by atoms with E-state index in [4.69, 9.17) is 16.6 Å². The standard InChI is InChI=1S/C16H22ClN3/c1-12-5-6-15-14(11-12)18-16(13(2)17)20(15)10-9-19-7-3-4-8-19/h5-6,11,13H,3-4,7-10H2,1-2H3. The van der Waals surface area contributed by atoms with E-state index in [9.17, 15) is 0 Å². The highest BCUT2D eigenvalue weighted by molar-refractivity contribution is 6.20. The number of aromatic nitrogens is 2. The van der Waals surface area contributed by atoms with Crippen molar-refractivity contribution in [3.8, 4) is 0 Å². The van der Waals surface area contributed by atoms with Crippen molar-refractivity contribution in [2.45, 2.75) is 38.6 Å². The third-order valence-corrected chi connectivity index (χ3v) is 4.32. The highest BCUT2D eigenvalue weighted by Gasteiger charge is 2.17. The predicted molar refractivity (Wildman–Crippen MR) is 84.4 cm³/mol. The summed E-state index contributed by atoms with van der Waals surface area (Å²) < 4.78 is 2.30. The molecular formula is C16H22ClN3. The van der Waals surface area contributed by atoms with E-state index < -0.39 is 0 Å². The van der Waals surface area contributed by atoms with Gasteiger partial charge in [0, 0.05) is 13.1 Å². The fourth-order valence-electron chi connectivity index (χ4n) is 3.04. The van der Waals surface area contributed by atoms with Gasteiger partial charge in [-0.1, -0.05) is 6.07 Å². The van der Waals surface area contributed by atoms with Crippen molar-refractivity contribution in [3.63, 3.8) is 0 Å². The smallest absolute Gasteiger partial charge is 0.127 e. The first kappa shape index (κ1) is 13.9. The molecule has 0 spiro atoms. The molecule has 1 atom stereocenters. The highest BCUT2D eigenvalue weighted by atomic mass is 35.5. The molecule has 1 aromatic carbocycles. The maximum absolute atomic E-state index is 6.32. The van der Waals surface area contributed by atoms with Crippen molar-refractivity contribution in [1.82, 2.24) is 14.5 Å². The predicted octanol–water partition coefficient (Wildman–Crippen LogP) is 3.74. The fourth-order valence-corrected chi connectivity index (χ4v) is 3.21. The van der Waals surface area contributed by atoms with E-state index in [1.165, 1.54) is 37.0 Å².